The fourth-order valence-electron chi connectivity index (χ4n) is 10.3. The summed E-state index contributed by atoms with van der Waals surface area (Å²) in [6.45, 7) is 0. The van der Waals surface area contributed by atoms with Crippen LogP contribution in [0.2, 0.25) is 0 Å². The van der Waals surface area contributed by atoms with Gasteiger partial charge in [0.25, 0.3) is 0 Å². The summed E-state index contributed by atoms with van der Waals surface area (Å²) in [4.78, 5) is 4.79. The molecule has 10 aromatic rings. The summed E-state index contributed by atoms with van der Waals surface area (Å²) in [6.07, 6.45) is 0. The van der Waals surface area contributed by atoms with Gasteiger partial charge in [-0.05, 0) is 123 Å². The van der Waals surface area contributed by atoms with Gasteiger partial charge in [-0.15, -0.1) is 0 Å². The number of para-hydroxylation sites is 4. The van der Waals surface area contributed by atoms with Gasteiger partial charge in [-0.2, -0.15) is 0 Å². The van der Waals surface area contributed by atoms with E-state index in [9.17, 15) is 0 Å². The summed E-state index contributed by atoms with van der Waals surface area (Å²) >= 11 is 0. The Kier molecular flexibility index (Phi) is 7.36. The number of aryl methyl sites for hydroxylation is 1. The molecule has 0 N–H and O–H groups in total. The van der Waals surface area contributed by atoms with Crippen molar-refractivity contribution in [3.05, 3.63) is 241 Å². The van der Waals surface area contributed by atoms with Gasteiger partial charge in [0.2, 0.25) is 0 Å². The Morgan fingerprint density at radius 2 is 0.746 bits per heavy atom. The van der Waals surface area contributed by atoms with E-state index in [0.29, 0.717) is 0 Å². The molecule has 0 amide bonds. The van der Waals surface area contributed by atoms with Crippen LogP contribution in [0.25, 0.3) is 44.1 Å². The maximum atomic E-state index is 2.48. The summed E-state index contributed by atoms with van der Waals surface area (Å²) in [6, 6.07) is 80.3. The van der Waals surface area contributed by atoms with Crippen molar-refractivity contribution >= 4 is 55.9 Å². The molecule has 0 aliphatic heterocycles. The minimum Gasteiger partial charge on any atom is -0.344 e. The number of anilines is 6. The Labute approximate surface area is 344 Å². The third-order valence-electron chi connectivity index (χ3n) is 12.8. The van der Waals surface area contributed by atoms with E-state index in [-0.39, 0.29) is 0 Å². The first-order chi connectivity index (χ1) is 29.2. The second-order valence-corrected chi connectivity index (χ2v) is 15.8. The zero-order valence-electron chi connectivity index (χ0n) is 32.6. The molecule has 0 fully saturated rings. The molecule has 1 spiro atoms. The van der Waals surface area contributed by atoms with Crippen LogP contribution in [0.5, 0.6) is 0 Å². The molecular weight excluding hydrogens is 715 g/mol. The summed E-state index contributed by atoms with van der Waals surface area (Å²) in [5.41, 5.74) is 19.1. The fourth-order valence-corrected chi connectivity index (χ4v) is 10.3. The van der Waals surface area contributed by atoms with Gasteiger partial charge in [0.05, 0.1) is 10.9 Å². The molecule has 9 aromatic carbocycles. The predicted octanol–water partition coefficient (Wildman–Crippen LogP) is 14.6. The van der Waals surface area contributed by atoms with Crippen LogP contribution in [0.1, 0.15) is 22.3 Å². The highest BCUT2D eigenvalue weighted by atomic mass is 15.1. The van der Waals surface area contributed by atoms with Gasteiger partial charge < -0.3 is 14.4 Å². The van der Waals surface area contributed by atoms with Crippen LogP contribution in [0, 0.1) is 0 Å². The van der Waals surface area contributed by atoms with Crippen LogP contribution < -0.4 is 9.80 Å². The van der Waals surface area contributed by atoms with Gasteiger partial charge in [0, 0.05) is 57.5 Å². The summed E-state index contributed by atoms with van der Waals surface area (Å²) < 4.78 is 2.32. The highest BCUT2D eigenvalue weighted by molar-refractivity contribution is 6.09. The number of fused-ring (bicyclic) bond motifs is 13. The van der Waals surface area contributed by atoms with E-state index in [1.165, 1.54) is 66.3 Å². The van der Waals surface area contributed by atoms with Crippen molar-refractivity contribution in [3.8, 4) is 22.3 Å². The van der Waals surface area contributed by atoms with Crippen molar-refractivity contribution in [3.63, 3.8) is 0 Å². The van der Waals surface area contributed by atoms with E-state index in [2.05, 4.69) is 240 Å². The van der Waals surface area contributed by atoms with Gasteiger partial charge >= 0.3 is 0 Å². The first-order valence-electron chi connectivity index (χ1n) is 20.4. The van der Waals surface area contributed by atoms with Crippen molar-refractivity contribution in [2.24, 2.45) is 7.05 Å². The third kappa shape index (κ3) is 4.82. The third-order valence-corrected chi connectivity index (χ3v) is 12.8. The average molecular weight is 754 g/mol. The van der Waals surface area contributed by atoms with Crippen molar-refractivity contribution in [2.45, 2.75) is 5.41 Å². The topological polar surface area (TPSA) is 11.4 Å². The Hall–Kier alpha value is -7.62. The number of benzene rings is 9. The molecule has 278 valence electrons. The molecule has 2 aliphatic carbocycles. The lowest BCUT2D eigenvalue weighted by Gasteiger charge is -2.32. The van der Waals surface area contributed by atoms with E-state index in [1.807, 2.05) is 0 Å². The van der Waals surface area contributed by atoms with Gasteiger partial charge in [-0.1, -0.05) is 140 Å². The number of hydrogen-bond donors (Lipinski definition) is 0. The zero-order valence-corrected chi connectivity index (χ0v) is 32.6. The molecule has 3 heteroatoms. The molecule has 12 rings (SSSR count). The standard InChI is InChI=1S/C56H39N3/c1-57-54-28-16-13-25-47(54)48-33-30-43(37-55(48)57)59(40-21-9-4-10-22-40)42-29-32-46-44-23-11-14-26-50(44)56(53(46)36-42)51-27-15-12-24-45(51)49-35-41(31-34-52(49)56)58(38-17-5-2-6-18-38)39-19-7-3-8-20-39/h2-37H,1H3. The molecule has 0 radical (unpaired) electrons. The van der Waals surface area contributed by atoms with E-state index >= 15 is 0 Å². The SMILES string of the molecule is Cn1c2ccccc2c2ccc(N(c3ccccc3)c3ccc4c(c3)C3(c5ccccc5-c5cc(N(c6ccccc6)c6ccccc6)ccc53)c3ccccc3-4)cc21. The minimum absolute atomic E-state index is 0.501. The number of nitrogens with zero attached hydrogens (tertiary/aromatic N) is 3. The van der Waals surface area contributed by atoms with Crippen LogP contribution in [-0.4, -0.2) is 4.57 Å². The lowest BCUT2D eigenvalue weighted by Crippen LogP contribution is -2.26. The lowest BCUT2D eigenvalue weighted by atomic mass is 9.70. The van der Waals surface area contributed by atoms with Crippen molar-refractivity contribution in [1.82, 2.24) is 4.57 Å². The summed E-state index contributed by atoms with van der Waals surface area (Å²) in [7, 11) is 2.18. The molecule has 3 nitrogen and oxygen atoms in total. The molecule has 1 aromatic heterocycles. The maximum absolute atomic E-state index is 2.48. The van der Waals surface area contributed by atoms with Crippen LogP contribution in [0.3, 0.4) is 0 Å². The van der Waals surface area contributed by atoms with Crippen LogP contribution in [-0.2, 0) is 12.5 Å². The Balaban J connectivity index is 1.09. The predicted molar refractivity (Wildman–Crippen MR) is 246 cm³/mol. The summed E-state index contributed by atoms with van der Waals surface area (Å²) in [5, 5.41) is 2.54. The second-order valence-electron chi connectivity index (χ2n) is 15.8. The van der Waals surface area contributed by atoms with Crippen LogP contribution in [0.15, 0.2) is 218 Å². The van der Waals surface area contributed by atoms with Gasteiger partial charge in [-0.25, -0.2) is 0 Å². The number of hydrogen-bond acceptors (Lipinski definition) is 2. The van der Waals surface area contributed by atoms with Gasteiger partial charge in [0.15, 0.2) is 0 Å². The molecule has 0 saturated carbocycles. The van der Waals surface area contributed by atoms with Gasteiger partial charge in [0.1, 0.15) is 0 Å². The van der Waals surface area contributed by atoms with Gasteiger partial charge in [-0.3, -0.25) is 0 Å². The smallest absolute Gasteiger partial charge is 0.0726 e. The van der Waals surface area contributed by atoms with E-state index < -0.39 is 5.41 Å². The molecule has 0 saturated heterocycles. The molecule has 2 aliphatic rings. The highest BCUT2D eigenvalue weighted by Gasteiger charge is 2.52. The highest BCUT2D eigenvalue weighted by Crippen LogP contribution is 2.64. The molecular formula is C56H39N3. The Morgan fingerprint density at radius 1 is 0.305 bits per heavy atom. The largest absolute Gasteiger partial charge is 0.344 e. The second kappa shape index (κ2) is 13.0. The number of aromatic nitrogens is 1. The van der Waals surface area contributed by atoms with Crippen molar-refractivity contribution in [1.29, 1.82) is 0 Å². The molecule has 0 bridgehead atoms. The molecule has 1 unspecified atom stereocenters. The lowest BCUT2D eigenvalue weighted by molar-refractivity contribution is 0.793. The fraction of sp³-hybridized carbons (Fsp3) is 0.0357. The van der Waals surface area contributed by atoms with E-state index in [4.69, 9.17) is 0 Å². The first kappa shape index (κ1) is 33.5. The van der Waals surface area contributed by atoms with Crippen molar-refractivity contribution < 1.29 is 0 Å². The Bertz CT molecular complexity index is 3200. The average Bonchev–Trinajstić information content (AvgIpc) is 3.88. The van der Waals surface area contributed by atoms with Crippen LogP contribution in [0.4, 0.5) is 34.1 Å². The zero-order chi connectivity index (χ0) is 39.1. The Morgan fingerprint density at radius 3 is 1.41 bits per heavy atom. The van der Waals surface area contributed by atoms with Crippen LogP contribution >= 0.6 is 0 Å². The quantitative estimate of drug-likeness (QED) is 0.168. The number of rotatable bonds is 6. The van der Waals surface area contributed by atoms with E-state index in [1.54, 1.807) is 0 Å². The minimum atomic E-state index is -0.501. The molecule has 1 heterocycles. The molecule has 1 atom stereocenters. The van der Waals surface area contributed by atoms with E-state index in [0.717, 1.165) is 34.1 Å². The van der Waals surface area contributed by atoms with Crippen molar-refractivity contribution in [2.75, 3.05) is 9.80 Å². The summed E-state index contributed by atoms with van der Waals surface area (Å²) in [5.74, 6) is 0. The maximum Gasteiger partial charge on any atom is 0.0726 e. The first-order valence-corrected chi connectivity index (χ1v) is 20.4. The normalized spacial score (nSPS) is 14.6. The monoisotopic (exact) mass is 753 g/mol. The molecule has 59 heavy (non-hydrogen) atoms.